The number of fused-ring (bicyclic) bond motifs is 1. The van der Waals surface area contributed by atoms with Crippen molar-refractivity contribution in [2.75, 3.05) is 5.73 Å². The van der Waals surface area contributed by atoms with Gasteiger partial charge in [0.1, 0.15) is 17.7 Å². The van der Waals surface area contributed by atoms with Gasteiger partial charge in [0.25, 0.3) is 0 Å². The number of esters is 2. The Bertz CT molecular complexity index is 1100. The van der Waals surface area contributed by atoms with Gasteiger partial charge in [-0.2, -0.15) is 18.2 Å². The number of aromatic nitrogens is 4. The molecule has 0 aliphatic carbocycles. The summed E-state index contributed by atoms with van der Waals surface area (Å²) in [5.74, 6) is -2.12. The summed E-state index contributed by atoms with van der Waals surface area (Å²) >= 11 is 0. The molecule has 0 saturated carbocycles. The third-order valence-electron chi connectivity index (χ3n) is 5.08. The van der Waals surface area contributed by atoms with Crippen LogP contribution < -0.4 is 11.4 Å². The molecule has 14 heteroatoms. The van der Waals surface area contributed by atoms with E-state index in [2.05, 4.69) is 14.7 Å². The fourth-order valence-corrected chi connectivity index (χ4v) is 3.77. The quantitative estimate of drug-likeness (QED) is 0.592. The van der Waals surface area contributed by atoms with E-state index in [1.54, 1.807) is 0 Å². The molecule has 0 amide bonds. The highest BCUT2D eigenvalue weighted by molar-refractivity contribution is 5.72. The van der Waals surface area contributed by atoms with Crippen molar-refractivity contribution < 1.29 is 37.0 Å². The second kappa shape index (κ2) is 9.37. The highest BCUT2D eigenvalue weighted by Crippen LogP contribution is 2.39. The summed E-state index contributed by atoms with van der Waals surface area (Å²) in [5, 5.41) is 0. The number of carbonyl (C=O) groups excluding carboxylic acids is 2. The average Bonchev–Trinajstić information content (AvgIpc) is 3.20. The molecule has 33 heavy (non-hydrogen) atoms. The van der Waals surface area contributed by atoms with Crippen LogP contribution in [0, 0.1) is 0 Å². The van der Waals surface area contributed by atoms with Crippen LogP contribution in [0.25, 0.3) is 11.2 Å². The van der Waals surface area contributed by atoms with E-state index in [0.717, 1.165) is 24.8 Å². The maximum Gasteiger partial charge on any atom is 0.428 e. The second-order valence-electron chi connectivity index (χ2n) is 7.62. The average molecular weight is 475 g/mol. The van der Waals surface area contributed by atoms with Crippen molar-refractivity contribution in [1.29, 1.82) is 0 Å². The molecule has 0 spiro atoms. The number of carbonyl (C=O) groups is 2. The molecule has 0 bridgehead atoms. The molecule has 3 heterocycles. The molecule has 2 aromatic heterocycles. The lowest BCUT2D eigenvalue weighted by Crippen LogP contribution is -2.43. The molecule has 2 aromatic rings. The zero-order valence-electron chi connectivity index (χ0n) is 18.2. The maximum atomic E-state index is 13.6. The first-order chi connectivity index (χ1) is 15.4. The van der Waals surface area contributed by atoms with Crippen LogP contribution in [-0.4, -0.2) is 55.5 Å². The second-order valence-corrected chi connectivity index (χ2v) is 7.62. The van der Waals surface area contributed by atoms with Crippen molar-refractivity contribution in [2.24, 2.45) is 0 Å². The van der Waals surface area contributed by atoms with Gasteiger partial charge in [-0.1, -0.05) is 13.3 Å². The Morgan fingerprint density at radius 2 is 2.03 bits per heavy atom. The highest BCUT2D eigenvalue weighted by atomic mass is 19.4. The van der Waals surface area contributed by atoms with E-state index in [4.69, 9.17) is 15.2 Å². The first-order valence-electron chi connectivity index (χ1n) is 10.2. The lowest BCUT2D eigenvalue weighted by atomic mass is 10.1. The van der Waals surface area contributed by atoms with Crippen LogP contribution in [0.3, 0.4) is 0 Å². The Kier molecular flexibility index (Phi) is 6.95. The number of ether oxygens (including phenoxy) is 3. The van der Waals surface area contributed by atoms with Gasteiger partial charge in [-0.15, -0.1) is 0 Å². The van der Waals surface area contributed by atoms with Crippen LogP contribution in [0.2, 0.25) is 0 Å². The molecule has 0 unspecified atom stereocenters. The Hall–Kier alpha value is -3.16. The van der Waals surface area contributed by atoms with E-state index in [1.807, 2.05) is 6.92 Å². The molecular weight excluding hydrogens is 451 g/mol. The Balaban J connectivity index is 2.12. The molecule has 1 saturated heterocycles. The van der Waals surface area contributed by atoms with Gasteiger partial charge in [0.2, 0.25) is 12.1 Å². The summed E-state index contributed by atoms with van der Waals surface area (Å²) in [7, 11) is 0. The van der Waals surface area contributed by atoms with Gasteiger partial charge in [-0.3, -0.25) is 14.2 Å². The maximum absolute atomic E-state index is 13.6. The lowest BCUT2D eigenvalue weighted by molar-refractivity contribution is -0.248. The van der Waals surface area contributed by atoms with E-state index in [1.165, 1.54) is 10.8 Å². The number of nitrogens with two attached hydrogens (primary N) is 1. The fraction of sp³-hybridized carbons (Fsp3) is 0.632. The third kappa shape index (κ3) is 5.10. The molecular formula is C19H24F3N5O6. The van der Waals surface area contributed by atoms with Crippen molar-refractivity contribution in [3.05, 3.63) is 16.7 Å². The molecule has 182 valence electrons. The van der Waals surface area contributed by atoms with Gasteiger partial charge in [0.05, 0.1) is 6.20 Å². The molecule has 1 aliphatic rings. The van der Waals surface area contributed by atoms with Gasteiger partial charge in [-0.05, 0) is 6.42 Å². The van der Waals surface area contributed by atoms with Gasteiger partial charge in [0, 0.05) is 26.8 Å². The topological polar surface area (TPSA) is 141 Å². The van der Waals surface area contributed by atoms with E-state index >= 15 is 0 Å². The van der Waals surface area contributed by atoms with Gasteiger partial charge < -0.3 is 19.9 Å². The first-order valence-corrected chi connectivity index (χ1v) is 10.2. The summed E-state index contributed by atoms with van der Waals surface area (Å²) in [6, 6.07) is 0. The van der Waals surface area contributed by atoms with Crippen LogP contribution in [-0.2, 0) is 30.3 Å². The minimum Gasteiger partial charge on any atom is -0.458 e. The van der Waals surface area contributed by atoms with Crippen molar-refractivity contribution in [3.8, 4) is 0 Å². The summed E-state index contributed by atoms with van der Waals surface area (Å²) in [5.41, 5.74) is 5.34. The Morgan fingerprint density at radius 3 is 2.61 bits per heavy atom. The molecule has 1 aliphatic heterocycles. The van der Waals surface area contributed by atoms with Gasteiger partial charge in [0.15, 0.2) is 11.9 Å². The Labute approximate surface area is 185 Å². The smallest absolute Gasteiger partial charge is 0.428 e. The SMILES string of the molecule is CCCCn1c(=O)n([C@@H]2O[C@H]([C@@H](OC(C)=O)C(F)(F)F)C[C@H]2OC(C)=O)c2nc(N)ncc21. The monoisotopic (exact) mass is 475 g/mol. The lowest BCUT2D eigenvalue weighted by Gasteiger charge is -2.25. The van der Waals surface area contributed by atoms with E-state index in [0.29, 0.717) is 18.5 Å². The zero-order valence-corrected chi connectivity index (χ0v) is 18.2. The van der Waals surface area contributed by atoms with Crippen molar-refractivity contribution in [3.63, 3.8) is 0 Å². The molecule has 3 rings (SSSR count). The van der Waals surface area contributed by atoms with Crippen LogP contribution in [0.1, 0.15) is 46.3 Å². The van der Waals surface area contributed by atoms with Crippen LogP contribution >= 0.6 is 0 Å². The zero-order chi connectivity index (χ0) is 24.5. The number of unbranched alkanes of at least 4 members (excludes halogenated alkanes) is 1. The molecule has 11 nitrogen and oxygen atoms in total. The summed E-state index contributed by atoms with van der Waals surface area (Å²) in [6.07, 6.45) is -9.81. The highest BCUT2D eigenvalue weighted by Gasteiger charge is 2.54. The van der Waals surface area contributed by atoms with Gasteiger partial charge >= 0.3 is 23.8 Å². The van der Waals surface area contributed by atoms with Crippen LogP contribution in [0.4, 0.5) is 19.1 Å². The largest absolute Gasteiger partial charge is 0.458 e. The van der Waals surface area contributed by atoms with E-state index < -0.39 is 54.8 Å². The first kappa shape index (κ1) is 24.5. The Morgan fingerprint density at radius 1 is 1.33 bits per heavy atom. The van der Waals surface area contributed by atoms with Crippen molar-refractivity contribution in [1.82, 2.24) is 19.1 Å². The predicted molar refractivity (Wildman–Crippen MR) is 107 cm³/mol. The normalized spacial score (nSPS) is 21.8. The van der Waals surface area contributed by atoms with E-state index in [9.17, 15) is 27.6 Å². The molecule has 4 atom stereocenters. The minimum absolute atomic E-state index is 0.0162. The number of hydrogen-bond acceptors (Lipinski definition) is 9. The number of alkyl halides is 3. The summed E-state index contributed by atoms with van der Waals surface area (Å²) in [6.45, 7) is 4.12. The standard InChI is InChI=1S/C19H24F3N5O6/c1-4-5-6-26-11-8-24-17(23)25-15(11)27(18(26)30)16-13(31-9(2)28)7-12(33-16)14(19(20,21)22)32-10(3)29/h8,12-14,16H,4-7H2,1-3H3,(H2,23,24,25)/t12-,13+,14+,16+/m0/s1. The number of nitrogens with zero attached hydrogens (tertiary/aromatic N) is 4. The molecule has 2 N–H and O–H groups in total. The number of imidazole rings is 1. The molecule has 0 aromatic carbocycles. The van der Waals surface area contributed by atoms with Crippen LogP contribution in [0.15, 0.2) is 11.0 Å². The van der Waals surface area contributed by atoms with Gasteiger partial charge in [-0.25, -0.2) is 14.3 Å². The minimum atomic E-state index is -4.96. The van der Waals surface area contributed by atoms with Crippen LogP contribution in [0.5, 0.6) is 0 Å². The molecule has 0 radical (unpaired) electrons. The summed E-state index contributed by atoms with van der Waals surface area (Å²) in [4.78, 5) is 44.2. The van der Waals surface area contributed by atoms with E-state index in [-0.39, 0.29) is 11.6 Å². The van der Waals surface area contributed by atoms with Crippen molar-refractivity contribution >= 4 is 29.1 Å². The number of nitrogen functional groups attached to an aromatic ring is 1. The number of anilines is 1. The molecule has 1 fully saturated rings. The number of rotatable bonds is 7. The number of aryl methyl sites for hydroxylation is 1. The number of hydrogen-bond donors (Lipinski definition) is 1. The number of halogens is 3. The fourth-order valence-electron chi connectivity index (χ4n) is 3.77. The predicted octanol–water partition coefficient (Wildman–Crippen LogP) is 1.69. The van der Waals surface area contributed by atoms with Crippen molar-refractivity contribution in [2.45, 2.75) is 77.3 Å². The third-order valence-corrected chi connectivity index (χ3v) is 5.08. The summed E-state index contributed by atoms with van der Waals surface area (Å²) < 4.78 is 58.4.